The molecule has 2 rings (SSSR count). The van der Waals surface area contributed by atoms with Gasteiger partial charge in [0, 0.05) is 10.6 Å². The highest BCUT2D eigenvalue weighted by atomic mass is 32.1. The van der Waals surface area contributed by atoms with Crippen molar-refractivity contribution >= 4 is 17.0 Å². The van der Waals surface area contributed by atoms with Crippen molar-refractivity contribution in [3.63, 3.8) is 0 Å². The van der Waals surface area contributed by atoms with E-state index in [9.17, 15) is 0 Å². The SMILES string of the molecule is Cc1ccsc1C(C)Nc1ccc(CO)cc1. The molecule has 3 heteroatoms. The number of thiophene rings is 1. The van der Waals surface area contributed by atoms with Gasteiger partial charge in [0.15, 0.2) is 0 Å². The fraction of sp³-hybridized carbons (Fsp3) is 0.286. The third-order valence-corrected chi connectivity index (χ3v) is 4.02. The van der Waals surface area contributed by atoms with Crippen LogP contribution in [0.15, 0.2) is 35.7 Å². The Morgan fingerprint density at radius 2 is 1.94 bits per heavy atom. The Morgan fingerprint density at radius 3 is 2.47 bits per heavy atom. The average molecular weight is 247 g/mol. The Labute approximate surface area is 106 Å². The standard InChI is InChI=1S/C14H17NOS/c1-10-7-8-17-14(10)11(2)15-13-5-3-12(9-16)4-6-13/h3-8,11,15-16H,9H2,1-2H3. The second-order valence-electron chi connectivity index (χ2n) is 4.19. The lowest BCUT2D eigenvalue weighted by molar-refractivity contribution is 0.282. The average Bonchev–Trinajstić information content (AvgIpc) is 2.76. The van der Waals surface area contributed by atoms with Crippen LogP contribution in [0.2, 0.25) is 0 Å². The molecule has 1 unspecified atom stereocenters. The molecule has 0 aliphatic rings. The van der Waals surface area contributed by atoms with Crippen LogP contribution in [-0.4, -0.2) is 5.11 Å². The van der Waals surface area contributed by atoms with Crippen molar-refractivity contribution < 1.29 is 5.11 Å². The molecule has 17 heavy (non-hydrogen) atoms. The maximum atomic E-state index is 8.98. The van der Waals surface area contributed by atoms with E-state index in [1.165, 1.54) is 10.4 Å². The van der Waals surface area contributed by atoms with Crippen molar-refractivity contribution in [1.82, 2.24) is 0 Å². The summed E-state index contributed by atoms with van der Waals surface area (Å²) in [6.07, 6.45) is 0. The van der Waals surface area contributed by atoms with E-state index >= 15 is 0 Å². The normalized spacial score (nSPS) is 12.4. The van der Waals surface area contributed by atoms with Gasteiger partial charge in [0.1, 0.15) is 0 Å². The van der Waals surface area contributed by atoms with Gasteiger partial charge in [-0.1, -0.05) is 12.1 Å². The lowest BCUT2D eigenvalue weighted by Crippen LogP contribution is -2.05. The monoisotopic (exact) mass is 247 g/mol. The van der Waals surface area contributed by atoms with Crippen molar-refractivity contribution in [3.05, 3.63) is 51.7 Å². The van der Waals surface area contributed by atoms with Gasteiger partial charge in [-0.05, 0) is 48.6 Å². The minimum Gasteiger partial charge on any atom is -0.392 e. The first-order chi connectivity index (χ1) is 8.20. The number of aliphatic hydroxyl groups excluding tert-OH is 1. The summed E-state index contributed by atoms with van der Waals surface area (Å²) in [6, 6.07) is 10.4. The van der Waals surface area contributed by atoms with E-state index < -0.39 is 0 Å². The molecule has 1 atom stereocenters. The van der Waals surface area contributed by atoms with Crippen LogP contribution in [0, 0.1) is 6.92 Å². The van der Waals surface area contributed by atoms with E-state index in [-0.39, 0.29) is 6.61 Å². The van der Waals surface area contributed by atoms with Gasteiger partial charge in [-0.15, -0.1) is 11.3 Å². The Kier molecular flexibility index (Phi) is 3.82. The van der Waals surface area contributed by atoms with Crippen molar-refractivity contribution in [3.8, 4) is 0 Å². The highest BCUT2D eigenvalue weighted by Crippen LogP contribution is 2.26. The van der Waals surface area contributed by atoms with Crippen molar-refractivity contribution in [2.24, 2.45) is 0 Å². The summed E-state index contributed by atoms with van der Waals surface area (Å²) >= 11 is 1.78. The molecule has 0 radical (unpaired) electrons. The molecule has 0 bridgehead atoms. The zero-order chi connectivity index (χ0) is 12.3. The number of hydrogen-bond donors (Lipinski definition) is 2. The topological polar surface area (TPSA) is 32.3 Å². The van der Waals surface area contributed by atoms with Gasteiger partial charge in [-0.2, -0.15) is 0 Å². The Morgan fingerprint density at radius 1 is 1.24 bits per heavy atom. The zero-order valence-electron chi connectivity index (χ0n) is 10.1. The summed E-state index contributed by atoms with van der Waals surface area (Å²) in [4.78, 5) is 1.37. The Bertz CT molecular complexity index is 475. The number of benzene rings is 1. The third kappa shape index (κ3) is 2.87. The van der Waals surface area contributed by atoms with Gasteiger partial charge < -0.3 is 10.4 Å². The molecule has 1 aromatic carbocycles. The molecule has 90 valence electrons. The third-order valence-electron chi connectivity index (χ3n) is 2.81. The molecule has 0 aliphatic heterocycles. The van der Waals surface area contributed by atoms with Crippen LogP contribution in [0.3, 0.4) is 0 Å². The van der Waals surface area contributed by atoms with Crippen molar-refractivity contribution in [1.29, 1.82) is 0 Å². The van der Waals surface area contributed by atoms with Gasteiger partial charge in [0.05, 0.1) is 12.6 Å². The zero-order valence-corrected chi connectivity index (χ0v) is 10.9. The van der Waals surface area contributed by atoms with Crippen LogP contribution in [0.4, 0.5) is 5.69 Å². The van der Waals surface area contributed by atoms with Gasteiger partial charge in [0.25, 0.3) is 0 Å². The van der Waals surface area contributed by atoms with E-state index in [1.807, 2.05) is 24.3 Å². The molecule has 2 nitrogen and oxygen atoms in total. The Hall–Kier alpha value is -1.32. The predicted molar refractivity (Wildman–Crippen MR) is 73.5 cm³/mol. The number of hydrogen-bond acceptors (Lipinski definition) is 3. The summed E-state index contributed by atoms with van der Waals surface area (Å²) < 4.78 is 0. The quantitative estimate of drug-likeness (QED) is 0.863. The largest absolute Gasteiger partial charge is 0.392 e. The molecule has 0 spiro atoms. The first kappa shape index (κ1) is 12.1. The molecule has 0 fully saturated rings. The molecule has 0 saturated heterocycles. The minimum atomic E-state index is 0.0971. The summed E-state index contributed by atoms with van der Waals surface area (Å²) in [5.74, 6) is 0. The van der Waals surface area contributed by atoms with Crippen molar-refractivity contribution in [2.45, 2.75) is 26.5 Å². The van der Waals surface area contributed by atoms with Gasteiger partial charge in [-0.3, -0.25) is 0 Å². The fourth-order valence-electron chi connectivity index (χ4n) is 1.85. The van der Waals surface area contributed by atoms with Gasteiger partial charge in [0.2, 0.25) is 0 Å². The first-order valence-corrected chi connectivity index (χ1v) is 6.59. The highest BCUT2D eigenvalue weighted by Gasteiger charge is 2.09. The summed E-state index contributed by atoms with van der Waals surface area (Å²) in [7, 11) is 0. The smallest absolute Gasteiger partial charge is 0.0681 e. The number of aliphatic hydroxyl groups is 1. The van der Waals surface area contributed by atoms with Crippen LogP contribution in [-0.2, 0) is 6.61 Å². The van der Waals surface area contributed by atoms with E-state index in [0.717, 1.165) is 11.3 Å². The molecule has 1 aromatic heterocycles. The summed E-state index contributed by atoms with van der Waals surface area (Å²) in [5, 5.41) is 14.6. The number of anilines is 1. The van der Waals surface area contributed by atoms with Crippen LogP contribution in [0.1, 0.15) is 29.0 Å². The number of rotatable bonds is 4. The Balaban J connectivity index is 2.07. The van der Waals surface area contributed by atoms with E-state index in [2.05, 4.69) is 30.6 Å². The van der Waals surface area contributed by atoms with Crippen LogP contribution < -0.4 is 5.32 Å². The first-order valence-electron chi connectivity index (χ1n) is 5.71. The minimum absolute atomic E-state index is 0.0971. The van der Waals surface area contributed by atoms with E-state index in [0.29, 0.717) is 6.04 Å². The lowest BCUT2D eigenvalue weighted by Gasteiger charge is -2.15. The molecule has 2 aromatic rings. The molecule has 0 amide bonds. The molecule has 2 N–H and O–H groups in total. The lowest BCUT2D eigenvalue weighted by atomic mass is 10.1. The predicted octanol–water partition coefficient (Wildman–Crippen LogP) is 3.72. The van der Waals surface area contributed by atoms with Gasteiger partial charge >= 0.3 is 0 Å². The van der Waals surface area contributed by atoms with Crippen LogP contribution >= 0.6 is 11.3 Å². The molecular weight excluding hydrogens is 230 g/mol. The second kappa shape index (κ2) is 5.34. The van der Waals surface area contributed by atoms with E-state index in [4.69, 9.17) is 5.11 Å². The second-order valence-corrected chi connectivity index (χ2v) is 5.14. The van der Waals surface area contributed by atoms with Gasteiger partial charge in [-0.25, -0.2) is 0 Å². The number of aryl methyl sites for hydroxylation is 1. The maximum Gasteiger partial charge on any atom is 0.0681 e. The summed E-state index contributed by atoms with van der Waals surface area (Å²) in [6.45, 7) is 4.40. The van der Waals surface area contributed by atoms with E-state index in [1.54, 1.807) is 11.3 Å². The highest BCUT2D eigenvalue weighted by molar-refractivity contribution is 7.10. The van der Waals surface area contributed by atoms with Crippen LogP contribution in [0.5, 0.6) is 0 Å². The maximum absolute atomic E-state index is 8.98. The number of nitrogens with one attached hydrogen (secondary N) is 1. The van der Waals surface area contributed by atoms with Crippen LogP contribution in [0.25, 0.3) is 0 Å². The summed E-state index contributed by atoms with van der Waals surface area (Å²) in [5.41, 5.74) is 3.36. The van der Waals surface area contributed by atoms with Crippen molar-refractivity contribution in [2.75, 3.05) is 5.32 Å². The fourth-order valence-corrected chi connectivity index (χ4v) is 2.79. The molecule has 1 heterocycles. The molecule has 0 aliphatic carbocycles. The molecular formula is C14H17NOS. The molecule has 0 saturated carbocycles.